The Labute approximate surface area is 120 Å². The number of carbonyl (C=O) groups excluding carboxylic acids is 1. The van der Waals surface area contributed by atoms with Crippen molar-refractivity contribution in [2.45, 2.75) is 13.0 Å². The molecular weight excluding hydrogens is 283 g/mol. The highest BCUT2D eigenvalue weighted by atomic mass is 35.5. The summed E-state index contributed by atoms with van der Waals surface area (Å²) in [6.07, 6.45) is 1.63. The molecule has 2 aromatic rings. The predicted molar refractivity (Wildman–Crippen MR) is 74.4 cm³/mol. The first-order valence-corrected chi connectivity index (χ1v) is 6.26. The Morgan fingerprint density at radius 1 is 1.45 bits per heavy atom. The highest BCUT2D eigenvalue weighted by molar-refractivity contribution is 6.30. The summed E-state index contributed by atoms with van der Waals surface area (Å²) in [7, 11) is 0. The molecule has 1 aromatic heterocycles. The molecule has 0 aliphatic rings. The average molecular weight is 295 g/mol. The molecule has 0 aliphatic carbocycles. The molecule has 0 saturated carbocycles. The minimum absolute atomic E-state index is 0.0616. The Morgan fingerprint density at radius 3 is 2.95 bits per heavy atom. The van der Waals surface area contributed by atoms with E-state index in [1.54, 1.807) is 31.2 Å². The molecule has 1 aromatic carbocycles. The van der Waals surface area contributed by atoms with Gasteiger partial charge in [-0.3, -0.25) is 9.78 Å². The van der Waals surface area contributed by atoms with Crippen LogP contribution in [0, 0.1) is 5.82 Å². The number of nitrogens with one attached hydrogen (secondary N) is 1. The van der Waals surface area contributed by atoms with Crippen molar-refractivity contribution >= 4 is 23.2 Å². The van der Waals surface area contributed by atoms with Crippen LogP contribution in [0.5, 0.6) is 5.75 Å². The van der Waals surface area contributed by atoms with Crippen molar-refractivity contribution in [1.29, 1.82) is 0 Å². The van der Waals surface area contributed by atoms with E-state index in [1.165, 1.54) is 12.3 Å². The maximum atomic E-state index is 13.4. The van der Waals surface area contributed by atoms with Crippen LogP contribution in [0.25, 0.3) is 0 Å². The fourth-order valence-corrected chi connectivity index (χ4v) is 1.69. The van der Waals surface area contributed by atoms with Gasteiger partial charge in [-0.1, -0.05) is 17.7 Å². The van der Waals surface area contributed by atoms with Crippen LogP contribution in [-0.4, -0.2) is 17.0 Å². The number of hydrogen-bond donors (Lipinski definition) is 1. The number of carbonyl (C=O) groups is 1. The molecular formula is C14H12ClFN2O2. The van der Waals surface area contributed by atoms with E-state index in [-0.39, 0.29) is 5.69 Å². The predicted octanol–water partition coefficient (Wildman–Crippen LogP) is 3.28. The molecule has 1 atom stereocenters. The van der Waals surface area contributed by atoms with Gasteiger partial charge in [0.15, 0.2) is 11.9 Å². The summed E-state index contributed by atoms with van der Waals surface area (Å²) < 4.78 is 18.8. The molecule has 6 heteroatoms. The Morgan fingerprint density at radius 2 is 2.25 bits per heavy atom. The van der Waals surface area contributed by atoms with E-state index in [1.807, 2.05) is 0 Å². The highest BCUT2D eigenvalue weighted by Gasteiger charge is 2.16. The smallest absolute Gasteiger partial charge is 0.265 e. The average Bonchev–Trinajstić information content (AvgIpc) is 2.41. The molecule has 104 valence electrons. The van der Waals surface area contributed by atoms with Crippen molar-refractivity contribution in [1.82, 2.24) is 4.98 Å². The minimum atomic E-state index is -0.791. The highest BCUT2D eigenvalue weighted by Crippen LogP contribution is 2.19. The zero-order valence-electron chi connectivity index (χ0n) is 10.6. The molecule has 0 unspecified atom stereocenters. The number of ether oxygens (including phenoxy) is 1. The molecule has 0 saturated heterocycles. The number of halogens is 2. The van der Waals surface area contributed by atoms with Crippen LogP contribution < -0.4 is 10.1 Å². The van der Waals surface area contributed by atoms with Crippen LogP contribution in [0.4, 0.5) is 10.1 Å². The summed E-state index contributed by atoms with van der Waals surface area (Å²) in [6, 6.07) is 8.07. The zero-order valence-corrected chi connectivity index (χ0v) is 11.4. The van der Waals surface area contributed by atoms with Gasteiger partial charge < -0.3 is 10.1 Å². The Bertz CT molecular complexity index is 622. The van der Waals surface area contributed by atoms with Gasteiger partial charge in [0.25, 0.3) is 5.91 Å². The first-order chi connectivity index (χ1) is 9.56. The molecule has 4 nitrogen and oxygen atoms in total. The number of aromatic nitrogens is 1. The topological polar surface area (TPSA) is 51.2 Å². The Kier molecular flexibility index (Phi) is 4.53. The number of pyridine rings is 1. The maximum Gasteiger partial charge on any atom is 0.265 e. The molecule has 0 radical (unpaired) electrons. The molecule has 1 amide bonds. The van der Waals surface area contributed by atoms with Gasteiger partial charge in [-0.15, -0.1) is 0 Å². The lowest BCUT2D eigenvalue weighted by Gasteiger charge is -2.15. The molecule has 0 spiro atoms. The first kappa shape index (κ1) is 14.3. The lowest BCUT2D eigenvalue weighted by Crippen LogP contribution is -2.30. The van der Waals surface area contributed by atoms with Crippen molar-refractivity contribution < 1.29 is 13.9 Å². The summed E-state index contributed by atoms with van der Waals surface area (Å²) in [5.74, 6) is -0.596. The van der Waals surface area contributed by atoms with Crippen LogP contribution in [0.2, 0.25) is 5.02 Å². The second kappa shape index (κ2) is 6.34. The van der Waals surface area contributed by atoms with Crippen molar-refractivity contribution in [2.24, 2.45) is 0 Å². The van der Waals surface area contributed by atoms with Gasteiger partial charge in [-0.05, 0) is 31.2 Å². The van der Waals surface area contributed by atoms with Crippen LogP contribution >= 0.6 is 11.6 Å². The van der Waals surface area contributed by atoms with E-state index in [9.17, 15) is 9.18 Å². The summed E-state index contributed by atoms with van der Waals surface area (Å²) in [5.41, 5.74) is 0.0616. The standard InChI is InChI=1S/C14H12ClFN2O2/c1-9(20-11-4-2-3-10(15)7-11)14(19)18-13-5-6-17-8-12(13)16/h2-9H,1H3,(H,17,18,19)/t9-/m0/s1. The normalized spacial score (nSPS) is 11.8. The van der Waals surface area contributed by atoms with E-state index in [2.05, 4.69) is 10.3 Å². The molecule has 0 fully saturated rings. The molecule has 0 bridgehead atoms. The summed E-state index contributed by atoms with van der Waals surface area (Å²) in [4.78, 5) is 15.5. The quantitative estimate of drug-likeness (QED) is 0.941. The Balaban J connectivity index is 2.01. The molecule has 1 N–H and O–H groups in total. The van der Waals surface area contributed by atoms with Crippen LogP contribution in [0.3, 0.4) is 0 Å². The summed E-state index contributed by atoms with van der Waals surface area (Å²) >= 11 is 5.82. The molecule has 2 rings (SSSR count). The van der Waals surface area contributed by atoms with Crippen molar-refractivity contribution in [3.05, 3.63) is 53.6 Å². The third-order valence-electron chi connectivity index (χ3n) is 2.51. The molecule has 0 aliphatic heterocycles. The third kappa shape index (κ3) is 3.68. The van der Waals surface area contributed by atoms with Crippen LogP contribution in [0.1, 0.15) is 6.92 Å². The number of hydrogen-bond acceptors (Lipinski definition) is 3. The van der Waals surface area contributed by atoms with Crippen molar-refractivity contribution in [3.63, 3.8) is 0 Å². The SMILES string of the molecule is C[C@H](Oc1cccc(Cl)c1)C(=O)Nc1ccncc1F. The van der Waals surface area contributed by atoms with Gasteiger partial charge in [0.05, 0.1) is 11.9 Å². The number of nitrogens with zero attached hydrogens (tertiary/aromatic N) is 1. The molecule has 20 heavy (non-hydrogen) atoms. The largest absolute Gasteiger partial charge is 0.481 e. The van der Waals surface area contributed by atoms with Gasteiger partial charge >= 0.3 is 0 Å². The molecule has 1 heterocycles. The third-order valence-corrected chi connectivity index (χ3v) is 2.74. The van der Waals surface area contributed by atoms with Gasteiger partial charge in [0, 0.05) is 11.2 Å². The fourth-order valence-electron chi connectivity index (χ4n) is 1.51. The van der Waals surface area contributed by atoms with Crippen molar-refractivity contribution in [2.75, 3.05) is 5.32 Å². The second-order valence-corrected chi connectivity index (χ2v) is 4.50. The number of amides is 1. The summed E-state index contributed by atoms with van der Waals surface area (Å²) in [6.45, 7) is 1.56. The maximum absolute atomic E-state index is 13.4. The summed E-state index contributed by atoms with van der Waals surface area (Å²) in [5, 5.41) is 2.94. The fraction of sp³-hybridized carbons (Fsp3) is 0.143. The van der Waals surface area contributed by atoms with Gasteiger partial charge in [0.1, 0.15) is 5.75 Å². The lowest BCUT2D eigenvalue weighted by molar-refractivity contribution is -0.122. The van der Waals surface area contributed by atoms with E-state index in [0.717, 1.165) is 6.20 Å². The van der Waals surface area contributed by atoms with E-state index >= 15 is 0 Å². The minimum Gasteiger partial charge on any atom is -0.481 e. The number of benzene rings is 1. The van der Waals surface area contributed by atoms with Gasteiger partial charge in [-0.2, -0.15) is 0 Å². The zero-order chi connectivity index (χ0) is 14.5. The van der Waals surface area contributed by atoms with Gasteiger partial charge in [0.2, 0.25) is 0 Å². The lowest BCUT2D eigenvalue weighted by atomic mass is 10.3. The van der Waals surface area contributed by atoms with E-state index in [0.29, 0.717) is 10.8 Å². The van der Waals surface area contributed by atoms with Gasteiger partial charge in [-0.25, -0.2) is 4.39 Å². The monoisotopic (exact) mass is 294 g/mol. The number of anilines is 1. The second-order valence-electron chi connectivity index (χ2n) is 4.06. The van der Waals surface area contributed by atoms with Crippen LogP contribution in [0.15, 0.2) is 42.7 Å². The van der Waals surface area contributed by atoms with E-state index < -0.39 is 17.8 Å². The first-order valence-electron chi connectivity index (χ1n) is 5.89. The van der Waals surface area contributed by atoms with Crippen LogP contribution in [-0.2, 0) is 4.79 Å². The number of rotatable bonds is 4. The Hall–Kier alpha value is -2.14. The van der Waals surface area contributed by atoms with E-state index in [4.69, 9.17) is 16.3 Å². The van der Waals surface area contributed by atoms with Crippen molar-refractivity contribution in [3.8, 4) is 5.75 Å².